The van der Waals surface area contributed by atoms with E-state index >= 15 is 0 Å². The quantitative estimate of drug-likeness (QED) is 0.725. The van der Waals surface area contributed by atoms with E-state index in [0.29, 0.717) is 6.54 Å². The lowest BCUT2D eigenvalue weighted by Crippen LogP contribution is -1.97. The van der Waals surface area contributed by atoms with Crippen LogP contribution in [0.2, 0.25) is 5.02 Å². The molecule has 0 bridgehead atoms. The molecule has 88 valence electrons. The summed E-state index contributed by atoms with van der Waals surface area (Å²) >= 11 is 9.62. The van der Waals surface area contributed by atoms with E-state index < -0.39 is 0 Å². The second-order valence-corrected chi connectivity index (χ2v) is 5.07. The van der Waals surface area contributed by atoms with Gasteiger partial charge in [0.25, 0.3) is 0 Å². The standard InChI is InChI=1S/C11H10BrClN4/c1-5-6(13)2-3-8-9(5)16-11-15-7(4-14)10(12)17(8)11/h2-3H,4,14H2,1H3,(H,15,16). The molecule has 3 aromatic rings. The van der Waals surface area contributed by atoms with Crippen molar-refractivity contribution in [2.24, 2.45) is 5.73 Å². The first-order valence-electron chi connectivity index (χ1n) is 5.17. The highest BCUT2D eigenvalue weighted by atomic mass is 79.9. The van der Waals surface area contributed by atoms with Crippen LogP contribution in [0, 0.1) is 6.92 Å². The smallest absolute Gasteiger partial charge is 0.213 e. The fraction of sp³-hybridized carbons (Fsp3) is 0.182. The molecule has 2 aromatic heterocycles. The Kier molecular flexibility index (Phi) is 2.43. The molecule has 0 radical (unpaired) electrons. The molecular weight excluding hydrogens is 304 g/mol. The number of H-pyrrole nitrogens is 1. The van der Waals surface area contributed by atoms with E-state index in [0.717, 1.165) is 37.7 Å². The third-order valence-corrected chi connectivity index (χ3v) is 4.17. The first-order chi connectivity index (χ1) is 8.13. The van der Waals surface area contributed by atoms with Crippen LogP contribution in [0.5, 0.6) is 0 Å². The Morgan fingerprint density at radius 3 is 3.00 bits per heavy atom. The van der Waals surface area contributed by atoms with E-state index in [2.05, 4.69) is 25.9 Å². The zero-order valence-corrected chi connectivity index (χ0v) is 11.4. The van der Waals surface area contributed by atoms with Crippen LogP contribution in [0.1, 0.15) is 11.3 Å². The van der Waals surface area contributed by atoms with Crippen LogP contribution in [0.3, 0.4) is 0 Å². The number of hydrogen-bond donors (Lipinski definition) is 2. The van der Waals surface area contributed by atoms with Crippen LogP contribution < -0.4 is 5.73 Å². The largest absolute Gasteiger partial charge is 0.325 e. The molecule has 0 saturated carbocycles. The number of nitrogens with two attached hydrogens (primary N) is 1. The van der Waals surface area contributed by atoms with Gasteiger partial charge in [0, 0.05) is 11.6 Å². The third kappa shape index (κ3) is 1.43. The average molecular weight is 314 g/mol. The van der Waals surface area contributed by atoms with Crippen LogP contribution in [-0.4, -0.2) is 14.4 Å². The molecule has 3 N–H and O–H groups in total. The van der Waals surface area contributed by atoms with Crippen molar-refractivity contribution in [2.45, 2.75) is 13.5 Å². The Labute approximate surface area is 111 Å². The Morgan fingerprint density at radius 2 is 2.29 bits per heavy atom. The number of hydrogen-bond acceptors (Lipinski definition) is 2. The zero-order chi connectivity index (χ0) is 12.2. The molecule has 17 heavy (non-hydrogen) atoms. The number of rotatable bonds is 1. The molecule has 0 spiro atoms. The number of nitrogens with one attached hydrogen (secondary N) is 1. The number of aromatic nitrogens is 3. The van der Waals surface area contributed by atoms with Crippen molar-refractivity contribution >= 4 is 44.3 Å². The van der Waals surface area contributed by atoms with Gasteiger partial charge in [-0.1, -0.05) is 11.6 Å². The van der Waals surface area contributed by atoms with Crippen molar-refractivity contribution in [3.63, 3.8) is 0 Å². The average Bonchev–Trinajstić information content (AvgIpc) is 2.82. The summed E-state index contributed by atoms with van der Waals surface area (Å²) in [5, 5.41) is 0.730. The van der Waals surface area contributed by atoms with E-state index in [-0.39, 0.29) is 0 Å². The topological polar surface area (TPSA) is 59.1 Å². The normalized spacial score (nSPS) is 11.8. The third-order valence-electron chi connectivity index (χ3n) is 2.93. The predicted molar refractivity (Wildman–Crippen MR) is 72.4 cm³/mol. The van der Waals surface area contributed by atoms with E-state index in [9.17, 15) is 0 Å². The van der Waals surface area contributed by atoms with Gasteiger partial charge in [-0.3, -0.25) is 4.40 Å². The van der Waals surface area contributed by atoms with E-state index in [4.69, 9.17) is 17.3 Å². The highest BCUT2D eigenvalue weighted by Gasteiger charge is 2.15. The minimum atomic E-state index is 0.442. The molecule has 3 rings (SSSR count). The molecule has 0 aliphatic rings. The lowest BCUT2D eigenvalue weighted by atomic mass is 10.2. The number of aromatic amines is 1. The number of fused-ring (bicyclic) bond motifs is 3. The summed E-state index contributed by atoms with van der Waals surface area (Å²) in [6.45, 7) is 2.41. The lowest BCUT2D eigenvalue weighted by Gasteiger charge is -1.99. The fourth-order valence-electron chi connectivity index (χ4n) is 1.99. The van der Waals surface area contributed by atoms with Gasteiger partial charge in [-0.2, -0.15) is 0 Å². The molecule has 0 aliphatic carbocycles. The number of halogens is 2. The van der Waals surface area contributed by atoms with Crippen molar-refractivity contribution in [3.05, 3.63) is 33.0 Å². The van der Waals surface area contributed by atoms with Gasteiger partial charge in [-0.15, -0.1) is 0 Å². The van der Waals surface area contributed by atoms with Gasteiger partial charge in [0.1, 0.15) is 4.60 Å². The summed E-state index contributed by atoms with van der Waals surface area (Å²) in [6.07, 6.45) is 0. The van der Waals surface area contributed by atoms with Gasteiger partial charge in [-0.25, -0.2) is 4.98 Å². The van der Waals surface area contributed by atoms with Gasteiger partial charge >= 0.3 is 0 Å². The summed E-state index contributed by atoms with van der Waals surface area (Å²) in [5.74, 6) is 0.776. The van der Waals surface area contributed by atoms with Crippen molar-refractivity contribution in [2.75, 3.05) is 0 Å². The second-order valence-electron chi connectivity index (χ2n) is 3.91. The van der Waals surface area contributed by atoms with E-state index in [1.807, 2.05) is 23.5 Å². The van der Waals surface area contributed by atoms with Crippen molar-refractivity contribution in [1.29, 1.82) is 0 Å². The fourth-order valence-corrected chi connectivity index (χ4v) is 2.76. The van der Waals surface area contributed by atoms with Crippen LogP contribution >= 0.6 is 27.5 Å². The number of nitrogens with zero attached hydrogens (tertiary/aromatic N) is 2. The molecular formula is C11H10BrClN4. The minimum Gasteiger partial charge on any atom is -0.325 e. The molecule has 0 fully saturated rings. The number of benzene rings is 1. The molecule has 4 nitrogen and oxygen atoms in total. The Hall–Kier alpha value is -1.04. The number of imidazole rings is 2. The van der Waals surface area contributed by atoms with E-state index in [1.54, 1.807) is 0 Å². The van der Waals surface area contributed by atoms with Crippen LogP contribution in [0.15, 0.2) is 16.7 Å². The minimum absolute atomic E-state index is 0.442. The summed E-state index contributed by atoms with van der Waals surface area (Å²) < 4.78 is 2.92. The maximum Gasteiger partial charge on any atom is 0.213 e. The molecule has 0 atom stereocenters. The molecule has 6 heteroatoms. The highest BCUT2D eigenvalue weighted by molar-refractivity contribution is 9.10. The summed E-state index contributed by atoms with van der Waals surface area (Å²) in [5.41, 5.74) is 9.50. The second kappa shape index (κ2) is 3.73. The lowest BCUT2D eigenvalue weighted by molar-refractivity contribution is 1.00. The van der Waals surface area contributed by atoms with Crippen LogP contribution in [0.25, 0.3) is 16.8 Å². The molecule has 2 heterocycles. The summed E-state index contributed by atoms with van der Waals surface area (Å²) in [7, 11) is 0. The maximum absolute atomic E-state index is 6.09. The molecule has 1 aromatic carbocycles. The molecule has 0 amide bonds. The van der Waals surface area contributed by atoms with Crippen molar-refractivity contribution < 1.29 is 0 Å². The predicted octanol–water partition coefficient (Wildman–Crippen LogP) is 3.00. The molecule has 0 aliphatic heterocycles. The maximum atomic E-state index is 6.09. The SMILES string of the molecule is Cc1c(Cl)ccc2c1nc1[nH]c(CN)c(Br)n12. The molecule has 0 saturated heterocycles. The van der Waals surface area contributed by atoms with Gasteiger partial charge in [0.2, 0.25) is 5.78 Å². The van der Waals surface area contributed by atoms with Gasteiger partial charge < -0.3 is 10.7 Å². The summed E-state index contributed by atoms with van der Waals surface area (Å²) in [6, 6.07) is 3.85. The molecule has 0 unspecified atom stereocenters. The zero-order valence-electron chi connectivity index (χ0n) is 9.09. The Bertz CT molecular complexity index is 728. The monoisotopic (exact) mass is 312 g/mol. The Balaban J connectivity index is 2.50. The summed E-state index contributed by atoms with van der Waals surface area (Å²) in [4.78, 5) is 7.73. The van der Waals surface area contributed by atoms with Gasteiger partial charge in [-0.05, 0) is 40.5 Å². The van der Waals surface area contributed by atoms with Crippen LogP contribution in [0.4, 0.5) is 0 Å². The Morgan fingerprint density at radius 1 is 1.53 bits per heavy atom. The van der Waals surface area contributed by atoms with Crippen molar-refractivity contribution in [3.8, 4) is 0 Å². The van der Waals surface area contributed by atoms with Crippen LogP contribution in [-0.2, 0) is 6.54 Å². The van der Waals surface area contributed by atoms with Gasteiger partial charge in [0.15, 0.2) is 0 Å². The van der Waals surface area contributed by atoms with E-state index in [1.165, 1.54) is 0 Å². The number of aryl methyl sites for hydroxylation is 1. The van der Waals surface area contributed by atoms with Gasteiger partial charge in [0.05, 0.1) is 16.7 Å². The van der Waals surface area contributed by atoms with Crippen molar-refractivity contribution in [1.82, 2.24) is 14.4 Å². The first kappa shape index (κ1) is 11.1. The highest BCUT2D eigenvalue weighted by Crippen LogP contribution is 2.29. The first-order valence-corrected chi connectivity index (χ1v) is 6.34.